The highest BCUT2D eigenvalue weighted by atomic mass is 79.9. The summed E-state index contributed by atoms with van der Waals surface area (Å²) in [6.07, 6.45) is 0.911. The molecule has 0 heterocycles. The summed E-state index contributed by atoms with van der Waals surface area (Å²) in [6, 6.07) is 8.47. The maximum absolute atomic E-state index is 12.8. The lowest BCUT2D eigenvalue weighted by molar-refractivity contribution is -0.410. The monoisotopic (exact) mass is 457 g/mol. The van der Waals surface area contributed by atoms with Crippen molar-refractivity contribution in [2.75, 3.05) is 21.3 Å². The molecule has 0 bridgehead atoms. The largest absolute Gasteiger partial charge is 0.496 e. The molecule has 2 aromatic rings. The Kier molecular flexibility index (Phi) is 6.45. The second-order valence-electron chi connectivity index (χ2n) is 5.14. The summed E-state index contributed by atoms with van der Waals surface area (Å²) in [5, 5.41) is 10.5. The van der Waals surface area contributed by atoms with Crippen molar-refractivity contribution in [1.29, 1.82) is 0 Å². The molecule has 0 radical (unpaired) electrons. The van der Waals surface area contributed by atoms with Gasteiger partial charge in [0.1, 0.15) is 17.2 Å². The Bertz CT molecular complexity index is 960. The average molecular weight is 458 g/mol. The molecule has 0 saturated carbocycles. The highest BCUT2D eigenvalue weighted by Crippen LogP contribution is 2.37. The van der Waals surface area contributed by atoms with E-state index in [0.29, 0.717) is 10.2 Å². The topological polar surface area (TPSA) is 105 Å². The van der Waals surface area contributed by atoms with Crippen LogP contribution in [0.2, 0.25) is 0 Å². The first-order valence-electron chi connectivity index (χ1n) is 7.41. The smallest absolute Gasteiger partial charge is 0.364 e. The molecule has 27 heavy (non-hydrogen) atoms. The number of methoxy groups -OCH3 is 3. The normalized spacial score (nSPS) is 11.8. The van der Waals surface area contributed by atoms with Crippen LogP contribution in [0.3, 0.4) is 0 Å². The average Bonchev–Trinajstić information content (AvgIpc) is 2.65. The Labute approximate surface area is 164 Å². The highest BCUT2D eigenvalue weighted by Gasteiger charge is 2.32. The molecular formula is C17H16BrNO7S. The minimum absolute atomic E-state index is 0.105. The highest BCUT2D eigenvalue weighted by molar-refractivity contribution is 9.10. The van der Waals surface area contributed by atoms with Gasteiger partial charge in [0, 0.05) is 22.7 Å². The Morgan fingerprint density at radius 2 is 1.56 bits per heavy atom. The van der Waals surface area contributed by atoms with Crippen molar-refractivity contribution in [3.63, 3.8) is 0 Å². The zero-order valence-corrected chi connectivity index (χ0v) is 17.0. The van der Waals surface area contributed by atoms with Gasteiger partial charge in [-0.25, -0.2) is 8.42 Å². The van der Waals surface area contributed by atoms with E-state index in [2.05, 4.69) is 15.9 Å². The van der Waals surface area contributed by atoms with Gasteiger partial charge in [-0.05, 0) is 24.3 Å². The number of benzene rings is 2. The lowest BCUT2D eigenvalue weighted by Crippen LogP contribution is -2.13. The Hall–Kier alpha value is -2.59. The van der Waals surface area contributed by atoms with E-state index in [4.69, 9.17) is 14.2 Å². The number of ether oxygens (including phenoxy) is 3. The van der Waals surface area contributed by atoms with Gasteiger partial charge in [0.05, 0.1) is 36.7 Å². The Morgan fingerprint density at radius 3 is 1.96 bits per heavy atom. The molecule has 0 saturated heterocycles. The van der Waals surface area contributed by atoms with Crippen molar-refractivity contribution < 1.29 is 27.6 Å². The summed E-state index contributed by atoms with van der Waals surface area (Å²) < 4.78 is 41.8. The summed E-state index contributed by atoms with van der Waals surface area (Å²) in [5.74, 6) is 0.715. The molecule has 2 rings (SSSR count). The molecule has 0 atom stereocenters. The predicted molar refractivity (Wildman–Crippen MR) is 102 cm³/mol. The number of rotatable bonds is 7. The van der Waals surface area contributed by atoms with E-state index >= 15 is 0 Å². The van der Waals surface area contributed by atoms with Gasteiger partial charge < -0.3 is 14.2 Å². The van der Waals surface area contributed by atoms with Crippen LogP contribution in [-0.4, -0.2) is 34.7 Å². The van der Waals surface area contributed by atoms with Gasteiger partial charge in [-0.1, -0.05) is 15.9 Å². The summed E-state index contributed by atoms with van der Waals surface area (Å²) >= 11 is 3.20. The van der Waals surface area contributed by atoms with Crippen LogP contribution in [0.25, 0.3) is 6.08 Å². The molecule has 0 aliphatic carbocycles. The van der Waals surface area contributed by atoms with Crippen LogP contribution in [0.4, 0.5) is 0 Å². The Balaban J connectivity index is 2.72. The summed E-state index contributed by atoms with van der Waals surface area (Å²) in [7, 11) is -0.252. The quantitative estimate of drug-likeness (QED) is 0.462. The second-order valence-corrected chi connectivity index (χ2v) is 7.95. The van der Waals surface area contributed by atoms with Crippen molar-refractivity contribution in [2.45, 2.75) is 4.90 Å². The van der Waals surface area contributed by atoms with Gasteiger partial charge >= 0.3 is 5.03 Å². The fourth-order valence-electron chi connectivity index (χ4n) is 2.26. The number of hydrogen-bond donors (Lipinski definition) is 0. The van der Waals surface area contributed by atoms with Crippen LogP contribution in [-0.2, 0) is 9.84 Å². The zero-order valence-electron chi connectivity index (χ0n) is 14.6. The summed E-state index contributed by atoms with van der Waals surface area (Å²) in [6.45, 7) is 0. The molecular weight excluding hydrogens is 442 g/mol. The van der Waals surface area contributed by atoms with Crippen LogP contribution in [0.5, 0.6) is 17.2 Å². The van der Waals surface area contributed by atoms with Crippen LogP contribution in [0.1, 0.15) is 5.56 Å². The van der Waals surface area contributed by atoms with E-state index in [9.17, 15) is 18.5 Å². The SMILES string of the molecule is COc1cc(OC)c(C=C([N+](=O)[O-])S(=O)(=O)c2ccc(Br)cc2)c(OC)c1. The van der Waals surface area contributed by atoms with Crippen LogP contribution < -0.4 is 14.2 Å². The van der Waals surface area contributed by atoms with E-state index in [1.165, 1.54) is 57.7 Å². The molecule has 10 heteroatoms. The second kappa shape index (κ2) is 8.40. The van der Waals surface area contributed by atoms with Gasteiger partial charge in [0.25, 0.3) is 9.84 Å². The third-order valence-corrected chi connectivity index (χ3v) is 5.84. The molecule has 0 unspecified atom stereocenters. The fraction of sp³-hybridized carbons (Fsp3) is 0.176. The first kappa shape index (κ1) is 20.7. The molecule has 144 valence electrons. The molecule has 2 aromatic carbocycles. The van der Waals surface area contributed by atoms with Gasteiger partial charge in [0.15, 0.2) is 0 Å². The minimum atomic E-state index is -4.38. The maximum atomic E-state index is 12.8. The van der Waals surface area contributed by atoms with Crippen molar-refractivity contribution in [2.24, 2.45) is 0 Å². The van der Waals surface area contributed by atoms with Gasteiger partial charge in [-0.3, -0.25) is 10.1 Å². The maximum Gasteiger partial charge on any atom is 0.364 e. The Morgan fingerprint density at radius 1 is 1.04 bits per heavy atom. The minimum Gasteiger partial charge on any atom is -0.496 e. The van der Waals surface area contributed by atoms with Crippen molar-refractivity contribution in [1.82, 2.24) is 0 Å². The summed E-state index contributed by atoms with van der Waals surface area (Å²) in [4.78, 5) is 10.4. The van der Waals surface area contributed by atoms with E-state index < -0.39 is 19.8 Å². The van der Waals surface area contributed by atoms with Crippen LogP contribution in [0.15, 0.2) is 50.8 Å². The van der Waals surface area contributed by atoms with E-state index in [0.717, 1.165) is 6.08 Å². The van der Waals surface area contributed by atoms with Gasteiger partial charge in [-0.2, -0.15) is 0 Å². The third-order valence-electron chi connectivity index (χ3n) is 3.60. The molecule has 0 aliphatic rings. The van der Waals surface area contributed by atoms with Crippen LogP contribution in [0, 0.1) is 10.1 Å². The third kappa shape index (κ3) is 4.40. The molecule has 0 N–H and O–H groups in total. The fourth-order valence-corrected chi connectivity index (χ4v) is 3.73. The van der Waals surface area contributed by atoms with E-state index in [-0.39, 0.29) is 22.0 Å². The molecule has 8 nitrogen and oxygen atoms in total. The van der Waals surface area contributed by atoms with E-state index in [1.807, 2.05) is 0 Å². The zero-order chi connectivity index (χ0) is 20.2. The number of nitrogens with zero attached hydrogens (tertiary/aromatic N) is 1. The molecule has 0 spiro atoms. The predicted octanol–water partition coefficient (Wildman–Crippen LogP) is 3.52. The lowest BCUT2D eigenvalue weighted by atomic mass is 10.1. The van der Waals surface area contributed by atoms with Crippen molar-refractivity contribution >= 4 is 31.8 Å². The first-order valence-corrected chi connectivity index (χ1v) is 9.69. The van der Waals surface area contributed by atoms with Crippen molar-refractivity contribution in [3.8, 4) is 17.2 Å². The molecule has 0 aliphatic heterocycles. The first-order chi connectivity index (χ1) is 12.7. The standard InChI is InChI=1S/C17H16BrNO7S/c1-24-12-8-15(25-2)14(16(9-12)26-3)10-17(19(20)21)27(22,23)13-6-4-11(18)5-7-13/h4-10H,1-3H3. The van der Waals surface area contributed by atoms with Gasteiger partial charge in [0.2, 0.25) is 0 Å². The van der Waals surface area contributed by atoms with Gasteiger partial charge in [-0.15, -0.1) is 0 Å². The molecule has 0 amide bonds. The number of sulfone groups is 1. The van der Waals surface area contributed by atoms with E-state index in [1.54, 1.807) is 0 Å². The summed E-state index contributed by atoms with van der Waals surface area (Å²) in [5.41, 5.74) is 0.105. The number of nitro groups is 1. The molecule has 0 aromatic heterocycles. The van der Waals surface area contributed by atoms with Crippen LogP contribution >= 0.6 is 15.9 Å². The number of hydrogen-bond acceptors (Lipinski definition) is 7. The lowest BCUT2D eigenvalue weighted by Gasteiger charge is -2.12. The van der Waals surface area contributed by atoms with Crippen molar-refractivity contribution in [3.05, 3.63) is 61.6 Å². The molecule has 0 fully saturated rings. The number of halogens is 1.